The van der Waals surface area contributed by atoms with Gasteiger partial charge in [-0.25, -0.2) is 0 Å². The number of amides is 1. The second-order valence-corrected chi connectivity index (χ2v) is 4.37. The van der Waals surface area contributed by atoms with E-state index in [1.165, 1.54) is 0 Å². The number of aryl methyl sites for hydroxylation is 1. The van der Waals surface area contributed by atoms with Crippen molar-refractivity contribution < 1.29 is 18.0 Å². The Bertz CT molecular complexity index is 437. The molecule has 1 aromatic rings. The molecule has 1 aliphatic heterocycles. The Morgan fingerprint density at radius 1 is 1.37 bits per heavy atom. The highest BCUT2D eigenvalue weighted by molar-refractivity contribution is 5.76. The van der Waals surface area contributed by atoms with Gasteiger partial charge < -0.3 is 10.2 Å². The zero-order valence-electron chi connectivity index (χ0n) is 10.3. The molecular formula is C11H15F3N4O. The molecule has 0 aromatic carbocycles. The van der Waals surface area contributed by atoms with Crippen LogP contribution < -0.4 is 5.32 Å². The summed E-state index contributed by atoms with van der Waals surface area (Å²) in [5.41, 5.74) is -0.790. The molecule has 1 fully saturated rings. The number of alkyl halides is 3. The van der Waals surface area contributed by atoms with Gasteiger partial charge in [-0.15, -0.1) is 0 Å². The Hall–Kier alpha value is -1.57. The van der Waals surface area contributed by atoms with Crippen LogP contribution in [0, 0.1) is 0 Å². The molecule has 0 bridgehead atoms. The van der Waals surface area contributed by atoms with Gasteiger partial charge in [0.25, 0.3) is 0 Å². The number of hydrogen-bond donors (Lipinski definition) is 1. The van der Waals surface area contributed by atoms with Gasteiger partial charge in [0.15, 0.2) is 0 Å². The smallest absolute Gasteiger partial charge is 0.340 e. The van der Waals surface area contributed by atoms with Crippen LogP contribution in [0.1, 0.15) is 12.0 Å². The van der Waals surface area contributed by atoms with Crippen molar-refractivity contribution in [3.8, 4) is 0 Å². The molecule has 0 saturated carbocycles. The molecule has 1 saturated heterocycles. The third-order valence-electron chi connectivity index (χ3n) is 2.99. The molecule has 0 radical (unpaired) electrons. The van der Waals surface area contributed by atoms with Crippen molar-refractivity contribution in [2.45, 2.75) is 19.1 Å². The third kappa shape index (κ3) is 3.69. The maximum absolute atomic E-state index is 12.4. The molecule has 8 heteroatoms. The first-order valence-corrected chi connectivity index (χ1v) is 6.05. The van der Waals surface area contributed by atoms with E-state index >= 15 is 0 Å². The number of hydrogen-bond acceptors (Lipinski definition) is 3. The molecule has 1 N–H and O–H groups in total. The fourth-order valence-corrected chi connectivity index (χ4v) is 1.91. The molecular weight excluding hydrogens is 261 g/mol. The monoisotopic (exact) mass is 276 g/mol. The highest BCUT2D eigenvalue weighted by atomic mass is 19.4. The average Bonchev–Trinajstić information content (AvgIpc) is 2.86. The van der Waals surface area contributed by atoms with Crippen LogP contribution in [0.15, 0.2) is 12.4 Å². The number of carbonyl (C=O) groups is 1. The molecule has 0 unspecified atom stereocenters. The first kappa shape index (κ1) is 13.9. The number of carbonyl (C=O) groups excluding carboxylic acids is 1. The predicted molar refractivity (Wildman–Crippen MR) is 61.3 cm³/mol. The summed E-state index contributed by atoms with van der Waals surface area (Å²) in [7, 11) is 0. The van der Waals surface area contributed by atoms with E-state index in [0.29, 0.717) is 13.1 Å². The van der Waals surface area contributed by atoms with Gasteiger partial charge in [-0.3, -0.25) is 9.48 Å². The lowest BCUT2D eigenvalue weighted by Crippen LogP contribution is -2.46. The van der Waals surface area contributed by atoms with Gasteiger partial charge in [0.1, 0.15) is 0 Å². The van der Waals surface area contributed by atoms with E-state index in [4.69, 9.17) is 0 Å². The lowest BCUT2D eigenvalue weighted by atomic mass is 10.3. The zero-order valence-corrected chi connectivity index (χ0v) is 10.3. The Morgan fingerprint density at radius 3 is 2.63 bits per heavy atom. The zero-order chi connectivity index (χ0) is 13.9. The van der Waals surface area contributed by atoms with Crippen molar-refractivity contribution >= 4 is 5.91 Å². The summed E-state index contributed by atoms with van der Waals surface area (Å²) in [6.45, 7) is 2.97. The van der Waals surface area contributed by atoms with Gasteiger partial charge >= 0.3 is 6.18 Å². The summed E-state index contributed by atoms with van der Waals surface area (Å²) < 4.78 is 38.2. The molecule has 2 heterocycles. The second kappa shape index (κ2) is 5.60. The maximum atomic E-state index is 12.4. The summed E-state index contributed by atoms with van der Waals surface area (Å²) in [5, 5.41) is 6.74. The number of rotatable bonds is 3. The molecule has 1 amide bonds. The van der Waals surface area contributed by atoms with Crippen LogP contribution in [0.5, 0.6) is 0 Å². The Kier molecular flexibility index (Phi) is 4.08. The fourth-order valence-electron chi connectivity index (χ4n) is 1.91. The van der Waals surface area contributed by atoms with E-state index in [2.05, 4.69) is 10.4 Å². The van der Waals surface area contributed by atoms with Crippen molar-refractivity contribution in [2.75, 3.05) is 26.2 Å². The summed E-state index contributed by atoms with van der Waals surface area (Å²) in [6.07, 6.45) is -2.53. The maximum Gasteiger partial charge on any atom is 0.419 e. The summed E-state index contributed by atoms with van der Waals surface area (Å²) in [5.74, 6) is -0.0504. The van der Waals surface area contributed by atoms with Gasteiger partial charge in [0.05, 0.1) is 11.8 Å². The lowest BCUT2D eigenvalue weighted by molar-refractivity contribution is -0.137. The summed E-state index contributed by atoms with van der Waals surface area (Å²) >= 11 is 0. The number of aromatic nitrogens is 2. The summed E-state index contributed by atoms with van der Waals surface area (Å²) in [4.78, 5) is 13.5. The predicted octanol–water partition coefficient (Wildman–Crippen LogP) is 0.724. The van der Waals surface area contributed by atoms with Crippen LogP contribution in [0.25, 0.3) is 0 Å². The fraction of sp³-hybridized carbons (Fsp3) is 0.636. The molecule has 1 aromatic heterocycles. The Labute approximate surface area is 108 Å². The summed E-state index contributed by atoms with van der Waals surface area (Å²) in [6, 6.07) is 0. The van der Waals surface area contributed by atoms with Gasteiger partial charge in [-0.05, 0) is 0 Å². The number of piperazine rings is 1. The second-order valence-electron chi connectivity index (χ2n) is 4.37. The quantitative estimate of drug-likeness (QED) is 0.885. The molecule has 5 nitrogen and oxygen atoms in total. The van der Waals surface area contributed by atoms with Crippen LogP contribution in [0.2, 0.25) is 0 Å². The molecule has 106 valence electrons. The number of nitrogens with zero attached hydrogens (tertiary/aromatic N) is 3. The minimum Gasteiger partial charge on any atom is -0.340 e. The van der Waals surface area contributed by atoms with E-state index in [0.717, 1.165) is 30.2 Å². The third-order valence-corrected chi connectivity index (χ3v) is 2.99. The van der Waals surface area contributed by atoms with Gasteiger partial charge in [-0.1, -0.05) is 0 Å². The molecule has 0 spiro atoms. The highest BCUT2D eigenvalue weighted by Crippen LogP contribution is 2.28. The van der Waals surface area contributed by atoms with E-state index < -0.39 is 11.7 Å². The van der Waals surface area contributed by atoms with Crippen molar-refractivity contribution in [1.82, 2.24) is 20.0 Å². The molecule has 2 rings (SSSR count). The van der Waals surface area contributed by atoms with Crippen molar-refractivity contribution in [3.63, 3.8) is 0 Å². The van der Waals surface area contributed by atoms with Crippen molar-refractivity contribution in [1.29, 1.82) is 0 Å². The van der Waals surface area contributed by atoms with Crippen LogP contribution in [0.4, 0.5) is 13.2 Å². The SMILES string of the molecule is O=C(CCn1cc(C(F)(F)F)cn1)N1CCNCC1. The first-order chi connectivity index (χ1) is 8.97. The minimum atomic E-state index is -4.39. The Balaban J connectivity index is 1.85. The largest absolute Gasteiger partial charge is 0.419 e. The molecule has 19 heavy (non-hydrogen) atoms. The highest BCUT2D eigenvalue weighted by Gasteiger charge is 2.32. The van der Waals surface area contributed by atoms with Crippen LogP contribution in [-0.2, 0) is 17.5 Å². The minimum absolute atomic E-state index is 0.0504. The molecule has 0 aliphatic carbocycles. The van der Waals surface area contributed by atoms with E-state index in [-0.39, 0.29) is 18.9 Å². The van der Waals surface area contributed by atoms with E-state index in [1.54, 1.807) is 4.90 Å². The lowest BCUT2D eigenvalue weighted by Gasteiger charge is -2.27. The standard InChI is InChI=1S/C11H15F3N4O/c12-11(13,14)9-7-16-18(8-9)4-1-10(19)17-5-2-15-3-6-17/h7-8,15H,1-6H2. The van der Waals surface area contributed by atoms with E-state index in [9.17, 15) is 18.0 Å². The molecule has 1 aliphatic rings. The van der Waals surface area contributed by atoms with E-state index in [1.807, 2.05) is 0 Å². The normalized spacial score (nSPS) is 16.7. The number of nitrogens with one attached hydrogen (secondary N) is 1. The number of halogens is 3. The molecule has 0 atom stereocenters. The first-order valence-electron chi connectivity index (χ1n) is 6.05. The van der Waals surface area contributed by atoms with Gasteiger partial charge in [0, 0.05) is 45.3 Å². The van der Waals surface area contributed by atoms with Crippen LogP contribution in [0.3, 0.4) is 0 Å². The Morgan fingerprint density at radius 2 is 2.05 bits per heavy atom. The van der Waals surface area contributed by atoms with Crippen LogP contribution >= 0.6 is 0 Å². The van der Waals surface area contributed by atoms with Crippen molar-refractivity contribution in [3.05, 3.63) is 18.0 Å². The average molecular weight is 276 g/mol. The van der Waals surface area contributed by atoms with Gasteiger partial charge in [0.2, 0.25) is 5.91 Å². The van der Waals surface area contributed by atoms with Gasteiger partial charge in [-0.2, -0.15) is 18.3 Å². The topological polar surface area (TPSA) is 50.2 Å². The van der Waals surface area contributed by atoms with Crippen LogP contribution in [-0.4, -0.2) is 46.8 Å². The van der Waals surface area contributed by atoms with Crippen molar-refractivity contribution in [2.24, 2.45) is 0 Å².